The summed E-state index contributed by atoms with van der Waals surface area (Å²) >= 11 is 6.26. The third kappa shape index (κ3) is 4.75. The molecule has 1 aromatic heterocycles. The monoisotopic (exact) mass is 411 g/mol. The van der Waals surface area contributed by atoms with Gasteiger partial charge in [-0.3, -0.25) is 4.79 Å². The maximum atomic E-state index is 12.6. The first-order valence-electron chi connectivity index (χ1n) is 9.21. The summed E-state index contributed by atoms with van der Waals surface area (Å²) in [5.41, 5.74) is 4.25. The molecule has 0 bridgehead atoms. The van der Waals surface area contributed by atoms with Crippen molar-refractivity contribution in [2.24, 2.45) is 0 Å². The standard InChI is InChI=1S/C23H22ClNO4/c1-15-11-20(16(2)25(15)12-19-5-3-4-6-21(19)24)22(27)14-29-23(28)18-9-7-17(13-26)8-10-18/h3-11,26H,12-14H2,1-2H3. The van der Waals surface area contributed by atoms with E-state index in [1.54, 1.807) is 30.3 Å². The van der Waals surface area contributed by atoms with Crippen molar-refractivity contribution in [1.29, 1.82) is 0 Å². The van der Waals surface area contributed by atoms with E-state index in [0.717, 1.165) is 17.0 Å². The van der Waals surface area contributed by atoms with Crippen LogP contribution in [-0.4, -0.2) is 28.0 Å². The Morgan fingerprint density at radius 1 is 1.07 bits per heavy atom. The Bertz CT molecular complexity index is 1040. The van der Waals surface area contributed by atoms with E-state index in [4.69, 9.17) is 21.4 Å². The molecule has 2 aromatic carbocycles. The molecule has 0 radical (unpaired) electrons. The van der Waals surface area contributed by atoms with Crippen molar-refractivity contribution in [2.45, 2.75) is 27.0 Å². The number of nitrogens with zero attached hydrogens (tertiary/aromatic N) is 1. The number of aromatic nitrogens is 1. The van der Waals surface area contributed by atoms with E-state index in [9.17, 15) is 9.59 Å². The number of benzene rings is 2. The first kappa shape index (κ1) is 20.8. The summed E-state index contributed by atoms with van der Waals surface area (Å²) in [6, 6.07) is 15.8. The maximum Gasteiger partial charge on any atom is 0.338 e. The Hall–Kier alpha value is -2.89. The van der Waals surface area contributed by atoms with Crippen molar-refractivity contribution in [3.8, 4) is 0 Å². The van der Waals surface area contributed by atoms with Gasteiger partial charge in [-0.1, -0.05) is 41.9 Å². The Balaban J connectivity index is 1.69. The topological polar surface area (TPSA) is 68.5 Å². The second-order valence-corrected chi connectivity index (χ2v) is 7.22. The quantitative estimate of drug-likeness (QED) is 0.464. The molecular formula is C23H22ClNO4. The van der Waals surface area contributed by atoms with Crippen LogP contribution in [0.1, 0.15) is 43.2 Å². The SMILES string of the molecule is Cc1cc(C(=O)COC(=O)c2ccc(CO)cc2)c(C)n1Cc1ccccc1Cl. The van der Waals surface area contributed by atoms with Crippen LogP contribution in [0.4, 0.5) is 0 Å². The Morgan fingerprint density at radius 3 is 2.41 bits per heavy atom. The molecule has 0 aliphatic carbocycles. The normalized spacial score (nSPS) is 10.8. The summed E-state index contributed by atoms with van der Waals surface area (Å²) in [6.45, 7) is 3.91. The lowest BCUT2D eigenvalue weighted by Gasteiger charge is -2.11. The van der Waals surface area contributed by atoms with Crippen LogP contribution in [0, 0.1) is 13.8 Å². The number of aliphatic hydroxyl groups excluding tert-OH is 1. The molecule has 0 aliphatic heterocycles. The second-order valence-electron chi connectivity index (χ2n) is 6.82. The fourth-order valence-corrected chi connectivity index (χ4v) is 3.36. The van der Waals surface area contributed by atoms with Crippen molar-refractivity contribution in [3.05, 3.63) is 93.3 Å². The van der Waals surface area contributed by atoms with Crippen molar-refractivity contribution in [1.82, 2.24) is 4.57 Å². The number of ketones is 1. The minimum atomic E-state index is -0.576. The minimum Gasteiger partial charge on any atom is -0.454 e. The molecule has 0 amide bonds. The predicted molar refractivity (Wildman–Crippen MR) is 111 cm³/mol. The lowest BCUT2D eigenvalue weighted by molar-refractivity contribution is 0.0474. The molecule has 3 rings (SSSR count). The van der Waals surface area contributed by atoms with Crippen LogP contribution >= 0.6 is 11.6 Å². The number of ether oxygens (including phenoxy) is 1. The Labute approximate surface area is 174 Å². The van der Waals surface area contributed by atoms with E-state index in [1.165, 1.54) is 0 Å². The molecule has 3 aromatic rings. The van der Waals surface area contributed by atoms with Gasteiger partial charge in [-0.25, -0.2) is 4.79 Å². The number of carbonyl (C=O) groups is 2. The molecule has 0 fully saturated rings. The van der Waals surface area contributed by atoms with Gasteiger partial charge in [0.25, 0.3) is 0 Å². The molecule has 5 nitrogen and oxygen atoms in total. The number of halogens is 1. The summed E-state index contributed by atoms with van der Waals surface area (Å²) < 4.78 is 7.20. The van der Waals surface area contributed by atoms with Crippen LogP contribution in [-0.2, 0) is 17.9 Å². The highest BCUT2D eigenvalue weighted by Gasteiger charge is 2.18. The van der Waals surface area contributed by atoms with Gasteiger partial charge in [-0.2, -0.15) is 0 Å². The molecule has 1 N–H and O–H groups in total. The number of hydrogen-bond donors (Lipinski definition) is 1. The van der Waals surface area contributed by atoms with Crippen LogP contribution in [0.5, 0.6) is 0 Å². The van der Waals surface area contributed by atoms with E-state index >= 15 is 0 Å². The third-order valence-corrected chi connectivity index (χ3v) is 5.24. The minimum absolute atomic E-state index is 0.0996. The van der Waals surface area contributed by atoms with Crippen LogP contribution in [0.15, 0.2) is 54.6 Å². The predicted octanol–water partition coefficient (Wildman–Crippen LogP) is 4.34. The molecule has 29 heavy (non-hydrogen) atoms. The Morgan fingerprint density at radius 2 is 1.76 bits per heavy atom. The average Bonchev–Trinajstić information content (AvgIpc) is 3.01. The molecule has 0 atom stereocenters. The highest BCUT2D eigenvalue weighted by atomic mass is 35.5. The second kappa shape index (κ2) is 9.07. The third-order valence-electron chi connectivity index (χ3n) is 4.87. The van der Waals surface area contributed by atoms with Gasteiger partial charge in [0.15, 0.2) is 6.61 Å². The van der Waals surface area contributed by atoms with Crippen LogP contribution < -0.4 is 0 Å². The van der Waals surface area contributed by atoms with E-state index < -0.39 is 5.97 Å². The first-order chi connectivity index (χ1) is 13.9. The smallest absolute Gasteiger partial charge is 0.338 e. The molecule has 0 saturated carbocycles. The van der Waals surface area contributed by atoms with Crippen molar-refractivity contribution >= 4 is 23.4 Å². The Kier molecular flexibility index (Phi) is 6.52. The highest BCUT2D eigenvalue weighted by molar-refractivity contribution is 6.31. The summed E-state index contributed by atoms with van der Waals surface area (Å²) in [7, 11) is 0. The largest absolute Gasteiger partial charge is 0.454 e. The van der Waals surface area contributed by atoms with Crippen LogP contribution in [0.25, 0.3) is 0 Å². The van der Waals surface area contributed by atoms with E-state index in [2.05, 4.69) is 0 Å². The molecule has 1 heterocycles. The molecule has 0 unspecified atom stereocenters. The van der Waals surface area contributed by atoms with E-state index in [0.29, 0.717) is 28.3 Å². The average molecular weight is 412 g/mol. The number of Topliss-reactive ketones (excluding diaryl/α,β-unsaturated/α-hetero) is 1. The molecule has 6 heteroatoms. The zero-order chi connectivity index (χ0) is 21.0. The summed E-state index contributed by atoms with van der Waals surface area (Å²) in [5, 5.41) is 9.73. The van der Waals surface area contributed by atoms with Gasteiger partial charge in [0.05, 0.1) is 12.2 Å². The fourth-order valence-electron chi connectivity index (χ4n) is 3.16. The van der Waals surface area contributed by atoms with Gasteiger partial charge in [0.2, 0.25) is 5.78 Å². The number of hydrogen-bond acceptors (Lipinski definition) is 4. The lowest BCUT2D eigenvalue weighted by Crippen LogP contribution is -2.15. The van der Waals surface area contributed by atoms with Crippen molar-refractivity contribution in [3.63, 3.8) is 0 Å². The number of aryl methyl sites for hydroxylation is 1. The molecular weight excluding hydrogens is 390 g/mol. The maximum absolute atomic E-state index is 12.6. The summed E-state index contributed by atoms with van der Waals surface area (Å²) in [5.74, 6) is -0.837. The molecule has 150 valence electrons. The lowest BCUT2D eigenvalue weighted by atomic mass is 10.1. The number of rotatable bonds is 7. The molecule has 0 saturated heterocycles. The van der Waals surface area contributed by atoms with Gasteiger partial charge in [0.1, 0.15) is 0 Å². The molecule has 0 spiro atoms. The zero-order valence-corrected chi connectivity index (χ0v) is 17.1. The van der Waals surface area contributed by atoms with E-state index in [-0.39, 0.29) is 19.0 Å². The van der Waals surface area contributed by atoms with Crippen molar-refractivity contribution < 1.29 is 19.4 Å². The van der Waals surface area contributed by atoms with Gasteiger partial charge in [0, 0.05) is 28.5 Å². The highest BCUT2D eigenvalue weighted by Crippen LogP contribution is 2.22. The van der Waals surface area contributed by atoms with Gasteiger partial charge >= 0.3 is 5.97 Å². The first-order valence-corrected chi connectivity index (χ1v) is 9.58. The van der Waals surface area contributed by atoms with E-state index in [1.807, 2.05) is 42.7 Å². The van der Waals surface area contributed by atoms with Crippen molar-refractivity contribution in [2.75, 3.05) is 6.61 Å². The van der Waals surface area contributed by atoms with Crippen LogP contribution in [0.2, 0.25) is 5.02 Å². The summed E-state index contributed by atoms with van der Waals surface area (Å²) in [4.78, 5) is 24.8. The number of aliphatic hydroxyl groups is 1. The molecule has 0 aliphatic rings. The summed E-state index contributed by atoms with van der Waals surface area (Å²) in [6.07, 6.45) is 0. The van der Waals surface area contributed by atoms with Gasteiger partial charge < -0.3 is 14.4 Å². The fraction of sp³-hybridized carbons (Fsp3) is 0.217. The van der Waals surface area contributed by atoms with Gasteiger partial charge in [-0.05, 0) is 49.2 Å². The van der Waals surface area contributed by atoms with Crippen LogP contribution in [0.3, 0.4) is 0 Å². The zero-order valence-electron chi connectivity index (χ0n) is 16.3. The number of carbonyl (C=O) groups excluding carboxylic acids is 2. The number of esters is 1. The van der Waals surface area contributed by atoms with Gasteiger partial charge in [-0.15, -0.1) is 0 Å².